The van der Waals surface area contributed by atoms with Crippen LogP contribution in [0.25, 0.3) is 0 Å². The van der Waals surface area contributed by atoms with Gasteiger partial charge in [0.15, 0.2) is 0 Å². The molecule has 0 saturated heterocycles. The molecule has 0 aromatic rings. The van der Waals surface area contributed by atoms with E-state index in [1.165, 1.54) is 12.2 Å². The number of aliphatic hydroxyl groups excluding tert-OH is 3. The predicted molar refractivity (Wildman–Crippen MR) is 77.8 cm³/mol. The molecule has 1 fully saturated rings. The summed E-state index contributed by atoms with van der Waals surface area (Å²) in [6.07, 6.45) is -1.85. The van der Waals surface area contributed by atoms with E-state index in [2.05, 4.69) is 19.7 Å². The fourth-order valence-electron chi connectivity index (χ4n) is 2.28. The molecule has 0 amide bonds. The van der Waals surface area contributed by atoms with Gasteiger partial charge in [-0.3, -0.25) is 0 Å². The largest absolute Gasteiger partial charge is 0.387 e. The number of ether oxygens (including phenoxy) is 3. The second-order valence-electron chi connectivity index (χ2n) is 4.73. The number of hydrogen-bond donors (Lipinski definition) is 3. The Hall–Kier alpha value is -1.02. The zero-order chi connectivity index (χ0) is 15.8. The molecule has 3 N–H and O–H groups in total. The smallest absolute Gasteiger partial charge is 0.115 e. The van der Waals surface area contributed by atoms with E-state index in [1.54, 1.807) is 6.08 Å². The molecule has 0 spiro atoms. The molecular formula is C15H24O6. The summed E-state index contributed by atoms with van der Waals surface area (Å²) < 4.78 is 16.5. The molecule has 1 saturated carbocycles. The van der Waals surface area contributed by atoms with Gasteiger partial charge in [0.1, 0.15) is 36.6 Å². The molecular weight excluding hydrogens is 276 g/mol. The van der Waals surface area contributed by atoms with Gasteiger partial charge in [0.05, 0.1) is 19.8 Å². The maximum absolute atomic E-state index is 10.1. The van der Waals surface area contributed by atoms with Crippen molar-refractivity contribution in [2.24, 2.45) is 0 Å². The lowest BCUT2D eigenvalue weighted by Crippen LogP contribution is -2.65. The van der Waals surface area contributed by atoms with Crippen LogP contribution in [-0.2, 0) is 14.2 Å². The maximum atomic E-state index is 10.1. The van der Waals surface area contributed by atoms with Crippen LogP contribution in [0, 0.1) is 0 Å². The van der Waals surface area contributed by atoms with E-state index in [4.69, 9.17) is 14.2 Å². The van der Waals surface area contributed by atoms with Crippen LogP contribution in [0.2, 0.25) is 0 Å². The second kappa shape index (κ2) is 9.09. The molecule has 0 aromatic heterocycles. The van der Waals surface area contributed by atoms with Gasteiger partial charge in [-0.1, -0.05) is 18.2 Å². The highest BCUT2D eigenvalue weighted by Crippen LogP contribution is 2.28. The summed E-state index contributed by atoms with van der Waals surface area (Å²) in [5, 5.41) is 30.1. The summed E-state index contributed by atoms with van der Waals surface area (Å²) in [6.45, 7) is 11.2. The van der Waals surface area contributed by atoms with Crippen molar-refractivity contribution < 1.29 is 29.5 Å². The Morgan fingerprint density at radius 2 is 0.952 bits per heavy atom. The van der Waals surface area contributed by atoms with E-state index < -0.39 is 36.6 Å². The van der Waals surface area contributed by atoms with Crippen molar-refractivity contribution in [1.29, 1.82) is 0 Å². The molecule has 0 bridgehead atoms. The first-order valence-corrected chi connectivity index (χ1v) is 6.80. The van der Waals surface area contributed by atoms with Crippen LogP contribution < -0.4 is 0 Å². The molecule has 0 heterocycles. The lowest BCUT2D eigenvalue weighted by Gasteiger charge is -2.45. The van der Waals surface area contributed by atoms with Gasteiger partial charge in [-0.15, -0.1) is 19.7 Å². The monoisotopic (exact) mass is 300 g/mol. The number of rotatable bonds is 9. The van der Waals surface area contributed by atoms with Crippen LogP contribution in [0.3, 0.4) is 0 Å². The van der Waals surface area contributed by atoms with Gasteiger partial charge >= 0.3 is 0 Å². The average molecular weight is 300 g/mol. The fourth-order valence-corrected chi connectivity index (χ4v) is 2.28. The zero-order valence-electron chi connectivity index (χ0n) is 12.0. The van der Waals surface area contributed by atoms with Gasteiger partial charge in [-0.25, -0.2) is 0 Å². The summed E-state index contributed by atoms with van der Waals surface area (Å²) in [4.78, 5) is 0. The quantitative estimate of drug-likeness (QED) is 0.511. The van der Waals surface area contributed by atoms with Crippen LogP contribution in [0.4, 0.5) is 0 Å². The Morgan fingerprint density at radius 1 is 0.619 bits per heavy atom. The molecule has 4 atom stereocenters. The topological polar surface area (TPSA) is 88.4 Å². The number of hydrogen-bond acceptors (Lipinski definition) is 6. The van der Waals surface area contributed by atoms with Crippen molar-refractivity contribution in [3.63, 3.8) is 0 Å². The van der Waals surface area contributed by atoms with Gasteiger partial charge in [0, 0.05) is 0 Å². The first kappa shape index (κ1) is 18.0. The van der Waals surface area contributed by atoms with Gasteiger partial charge in [-0.2, -0.15) is 0 Å². The van der Waals surface area contributed by atoms with Crippen LogP contribution >= 0.6 is 0 Å². The van der Waals surface area contributed by atoms with E-state index in [0.717, 1.165) is 0 Å². The minimum Gasteiger partial charge on any atom is -0.387 e. The molecule has 120 valence electrons. The lowest BCUT2D eigenvalue weighted by atomic mass is 9.84. The summed E-state index contributed by atoms with van der Waals surface area (Å²) >= 11 is 0. The molecule has 6 nitrogen and oxygen atoms in total. The van der Waals surface area contributed by atoms with Crippen molar-refractivity contribution in [2.45, 2.75) is 36.6 Å². The van der Waals surface area contributed by atoms with Crippen LogP contribution in [0.5, 0.6) is 0 Å². The molecule has 21 heavy (non-hydrogen) atoms. The van der Waals surface area contributed by atoms with Crippen molar-refractivity contribution in [2.75, 3.05) is 19.8 Å². The Labute approximate surface area is 124 Å². The van der Waals surface area contributed by atoms with E-state index in [0.29, 0.717) is 0 Å². The lowest BCUT2D eigenvalue weighted by molar-refractivity contribution is -0.250. The fraction of sp³-hybridized carbons (Fsp3) is 0.600. The highest BCUT2D eigenvalue weighted by molar-refractivity contribution is 5.02. The molecule has 1 aliphatic carbocycles. The zero-order valence-corrected chi connectivity index (χ0v) is 12.0. The second-order valence-corrected chi connectivity index (χ2v) is 4.73. The molecule has 4 unspecified atom stereocenters. The SMILES string of the molecule is C=CCOC1C(O)C(O)C(O)C(OCC=C)C1OCC=C. The number of aliphatic hydroxyl groups is 3. The molecule has 0 aromatic carbocycles. The highest BCUT2D eigenvalue weighted by Gasteiger charge is 2.51. The summed E-state index contributed by atoms with van der Waals surface area (Å²) in [5.74, 6) is 0. The first-order valence-electron chi connectivity index (χ1n) is 6.80. The third-order valence-corrected chi connectivity index (χ3v) is 3.24. The maximum Gasteiger partial charge on any atom is 0.115 e. The van der Waals surface area contributed by atoms with Crippen molar-refractivity contribution in [3.8, 4) is 0 Å². The summed E-state index contributed by atoms with van der Waals surface area (Å²) in [7, 11) is 0. The molecule has 0 aliphatic heterocycles. The summed E-state index contributed by atoms with van der Waals surface area (Å²) in [5.41, 5.74) is 0. The van der Waals surface area contributed by atoms with Crippen molar-refractivity contribution in [1.82, 2.24) is 0 Å². The average Bonchev–Trinajstić information content (AvgIpc) is 2.49. The normalized spacial score (nSPS) is 36.1. The van der Waals surface area contributed by atoms with E-state index in [1.807, 2.05) is 0 Å². The standard InChI is InChI=1S/C15H24O6/c1-4-7-19-13-11(17)10(16)12(18)14(20-8-5-2)15(13)21-9-6-3/h4-6,10-18H,1-3,7-9H2. The minimum atomic E-state index is -1.39. The van der Waals surface area contributed by atoms with Crippen molar-refractivity contribution in [3.05, 3.63) is 38.0 Å². The van der Waals surface area contributed by atoms with Crippen LogP contribution in [0.15, 0.2) is 38.0 Å². The molecule has 1 rings (SSSR count). The van der Waals surface area contributed by atoms with Gasteiger partial charge in [-0.05, 0) is 0 Å². The van der Waals surface area contributed by atoms with Crippen LogP contribution in [-0.4, -0.2) is 71.8 Å². The molecule has 6 heteroatoms. The van der Waals surface area contributed by atoms with E-state index in [9.17, 15) is 15.3 Å². The third-order valence-electron chi connectivity index (χ3n) is 3.24. The molecule has 0 radical (unpaired) electrons. The predicted octanol–water partition coefficient (Wildman–Crippen LogP) is -0.204. The highest BCUT2D eigenvalue weighted by atomic mass is 16.6. The Bertz CT molecular complexity index is 319. The minimum absolute atomic E-state index is 0.173. The van der Waals surface area contributed by atoms with Crippen LogP contribution in [0.1, 0.15) is 0 Å². The van der Waals surface area contributed by atoms with E-state index >= 15 is 0 Å². The summed E-state index contributed by atoms with van der Waals surface area (Å²) in [6, 6.07) is 0. The Kier molecular flexibility index (Phi) is 7.81. The van der Waals surface area contributed by atoms with Gasteiger partial charge < -0.3 is 29.5 Å². The van der Waals surface area contributed by atoms with Crippen molar-refractivity contribution >= 4 is 0 Å². The Morgan fingerprint density at radius 3 is 1.29 bits per heavy atom. The third kappa shape index (κ3) is 4.47. The van der Waals surface area contributed by atoms with E-state index in [-0.39, 0.29) is 19.8 Å². The van der Waals surface area contributed by atoms with Gasteiger partial charge in [0.25, 0.3) is 0 Å². The molecule has 1 aliphatic rings. The first-order chi connectivity index (χ1) is 10.1. The Balaban J connectivity index is 2.95. The van der Waals surface area contributed by atoms with Gasteiger partial charge in [0.2, 0.25) is 0 Å².